The van der Waals surface area contributed by atoms with Gasteiger partial charge in [0.2, 0.25) is 0 Å². The first-order valence-electron chi connectivity index (χ1n) is 10.3. The predicted molar refractivity (Wildman–Crippen MR) is 113 cm³/mol. The topological polar surface area (TPSA) is 90.9 Å². The number of esters is 2. The number of carbonyl (C=O) groups is 3. The van der Waals surface area contributed by atoms with E-state index in [0.29, 0.717) is 24.3 Å². The number of nitrogens with one attached hydrogen (secondary N) is 1. The molecule has 0 fully saturated rings. The van der Waals surface area contributed by atoms with E-state index in [1.54, 1.807) is 13.0 Å². The number of hydrogen-bond donors (Lipinski definition) is 1. The molecule has 1 N–H and O–H groups in total. The maximum atomic E-state index is 12.1. The highest BCUT2D eigenvalue weighted by molar-refractivity contribution is 5.99. The SMILES string of the molecule is CCOC(=O)/C=C/C(=O)O[C@@H](CNC(C)(C)C)COc1cccc2c1CCCC2=O. The predicted octanol–water partition coefficient (Wildman–Crippen LogP) is 3.00. The van der Waals surface area contributed by atoms with Gasteiger partial charge in [0.25, 0.3) is 0 Å². The second-order valence-corrected chi connectivity index (χ2v) is 8.15. The third-order valence-electron chi connectivity index (χ3n) is 4.47. The largest absolute Gasteiger partial charge is 0.489 e. The van der Waals surface area contributed by atoms with Crippen LogP contribution < -0.4 is 10.1 Å². The Labute approximate surface area is 177 Å². The number of carbonyl (C=O) groups excluding carboxylic acids is 3. The lowest BCUT2D eigenvalue weighted by atomic mass is 9.90. The molecule has 1 atom stereocenters. The van der Waals surface area contributed by atoms with Crippen LogP contribution in [0, 0.1) is 0 Å². The molecule has 1 aromatic carbocycles. The van der Waals surface area contributed by atoms with Crippen molar-refractivity contribution in [2.75, 3.05) is 19.8 Å². The minimum absolute atomic E-state index is 0.118. The molecule has 7 heteroatoms. The van der Waals surface area contributed by atoms with E-state index < -0.39 is 18.0 Å². The first kappa shape index (κ1) is 23.6. The fourth-order valence-corrected chi connectivity index (χ4v) is 3.05. The van der Waals surface area contributed by atoms with Gasteiger partial charge in [-0.1, -0.05) is 12.1 Å². The lowest BCUT2D eigenvalue weighted by Crippen LogP contribution is -2.44. The third-order valence-corrected chi connectivity index (χ3v) is 4.47. The van der Waals surface area contributed by atoms with E-state index in [1.165, 1.54) is 0 Å². The Bertz CT molecular complexity index is 793. The molecule has 164 valence electrons. The van der Waals surface area contributed by atoms with Crippen LogP contribution in [0.1, 0.15) is 56.5 Å². The van der Waals surface area contributed by atoms with Gasteiger partial charge < -0.3 is 19.5 Å². The van der Waals surface area contributed by atoms with E-state index in [-0.39, 0.29) is 24.5 Å². The maximum absolute atomic E-state index is 12.1. The van der Waals surface area contributed by atoms with Gasteiger partial charge in [0, 0.05) is 41.8 Å². The number of Topliss-reactive ketones (excluding diaryl/α,β-unsaturated/α-hetero) is 1. The number of ether oxygens (including phenoxy) is 3. The van der Waals surface area contributed by atoms with Crippen LogP contribution >= 0.6 is 0 Å². The molecule has 0 bridgehead atoms. The lowest BCUT2D eigenvalue weighted by Gasteiger charge is -2.26. The molecule has 0 radical (unpaired) electrons. The number of fused-ring (bicyclic) bond motifs is 1. The maximum Gasteiger partial charge on any atom is 0.331 e. The summed E-state index contributed by atoms with van der Waals surface area (Å²) >= 11 is 0. The Morgan fingerprint density at radius 3 is 2.60 bits per heavy atom. The van der Waals surface area contributed by atoms with E-state index in [0.717, 1.165) is 30.6 Å². The molecule has 0 aromatic heterocycles. The summed E-state index contributed by atoms with van der Waals surface area (Å²) < 4.78 is 16.2. The molecule has 0 amide bonds. The molecule has 1 aromatic rings. The fourth-order valence-electron chi connectivity index (χ4n) is 3.05. The van der Waals surface area contributed by atoms with Gasteiger partial charge in [-0.15, -0.1) is 0 Å². The average molecular weight is 418 g/mol. The highest BCUT2D eigenvalue weighted by atomic mass is 16.6. The van der Waals surface area contributed by atoms with Crippen molar-refractivity contribution in [3.63, 3.8) is 0 Å². The molecule has 0 saturated carbocycles. The van der Waals surface area contributed by atoms with Crippen molar-refractivity contribution in [2.45, 2.75) is 58.6 Å². The van der Waals surface area contributed by atoms with Gasteiger partial charge in [-0.2, -0.15) is 0 Å². The van der Waals surface area contributed by atoms with Crippen LogP contribution in [0.4, 0.5) is 0 Å². The van der Waals surface area contributed by atoms with E-state index in [1.807, 2.05) is 32.9 Å². The monoisotopic (exact) mass is 417 g/mol. The van der Waals surface area contributed by atoms with Gasteiger partial charge in [-0.3, -0.25) is 4.79 Å². The Morgan fingerprint density at radius 2 is 1.90 bits per heavy atom. The first-order valence-corrected chi connectivity index (χ1v) is 10.3. The molecule has 0 aliphatic heterocycles. The Balaban J connectivity index is 2.05. The standard InChI is InChI=1S/C23H31NO6/c1-5-28-21(26)12-13-22(27)30-16(14-24-23(2,3)4)15-29-20-11-7-8-17-18(20)9-6-10-19(17)25/h7-8,11-13,16,24H,5-6,9-10,14-15H2,1-4H3/b13-12+/t16-/m0/s1. The van der Waals surface area contributed by atoms with E-state index >= 15 is 0 Å². The zero-order valence-corrected chi connectivity index (χ0v) is 18.2. The van der Waals surface area contributed by atoms with Crippen molar-refractivity contribution in [3.8, 4) is 5.75 Å². The number of hydrogen-bond acceptors (Lipinski definition) is 7. The van der Waals surface area contributed by atoms with Crippen LogP contribution in [-0.4, -0.2) is 49.1 Å². The molecular formula is C23H31NO6. The number of rotatable bonds is 9. The highest BCUT2D eigenvalue weighted by Gasteiger charge is 2.22. The summed E-state index contributed by atoms with van der Waals surface area (Å²) in [5.74, 6) is -0.490. The fraction of sp³-hybridized carbons (Fsp3) is 0.522. The van der Waals surface area contributed by atoms with E-state index in [4.69, 9.17) is 14.2 Å². The van der Waals surface area contributed by atoms with Gasteiger partial charge in [0.1, 0.15) is 18.5 Å². The molecule has 30 heavy (non-hydrogen) atoms. The van der Waals surface area contributed by atoms with Gasteiger partial charge >= 0.3 is 11.9 Å². The Morgan fingerprint density at radius 1 is 1.17 bits per heavy atom. The smallest absolute Gasteiger partial charge is 0.331 e. The van der Waals surface area contributed by atoms with Crippen molar-refractivity contribution in [1.82, 2.24) is 5.32 Å². The second kappa shape index (κ2) is 10.9. The minimum Gasteiger partial charge on any atom is -0.489 e. The Kier molecular flexibility index (Phi) is 8.59. The lowest BCUT2D eigenvalue weighted by molar-refractivity contribution is -0.145. The van der Waals surface area contributed by atoms with E-state index in [9.17, 15) is 14.4 Å². The highest BCUT2D eigenvalue weighted by Crippen LogP contribution is 2.29. The van der Waals surface area contributed by atoms with Crippen molar-refractivity contribution in [2.24, 2.45) is 0 Å². The van der Waals surface area contributed by atoms with E-state index in [2.05, 4.69) is 5.32 Å². The van der Waals surface area contributed by atoms with Crippen molar-refractivity contribution in [3.05, 3.63) is 41.5 Å². The molecule has 1 aliphatic carbocycles. The van der Waals surface area contributed by atoms with Crippen LogP contribution in [0.15, 0.2) is 30.4 Å². The molecule has 7 nitrogen and oxygen atoms in total. The minimum atomic E-state index is -0.655. The molecule has 0 saturated heterocycles. The average Bonchev–Trinajstić information content (AvgIpc) is 2.68. The van der Waals surface area contributed by atoms with Crippen LogP contribution in [-0.2, 0) is 25.5 Å². The normalized spacial score (nSPS) is 14.9. The third kappa shape index (κ3) is 7.63. The number of benzene rings is 1. The summed E-state index contributed by atoms with van der Waals surface area (Å²) in [6.45, 7) is 8.43. The second-order valence-electron chi connectivity index (χ2n) is 8.15. The molecule has 0 spiro atoms. The number of ketones is 1. The van der Waals surface area contributed by atoms with Crippen molar-refractivity contribution in [1.29, 1.82) is 0 Å². The van der Waals surface area contributed by atoms with Crippen LogP contribution in [0.25, 0.3) is 0 Å². The molecular weight excluding hydrogens is 386 g/mol. The first-order chi connectivity index (χ1) is 14.2. The van der Waals surface area contributed by atoms with Crippen LogP contribution in [0.2, 0.25) is 0 Å². The summed E-state index contributed by atoms with van der Waals surface area (Å²) in [6.07, 6.45) is 3.64. The molecule has 2 rings (SSSR count). The van der Waals surface area contributed by atoms with Gasteiger partial charge in [0.15, 0.2) is 5.78 Å². The summed E-state index contributed by atoms with van der Waals surface area (Å²) in [5, 5.41) is 3.29. The zero-order chi connectivity index (χ0) is 22.1. The van der Waals surface area contributed by atoms with Gasteiger partial charge in [-0.25, -0.2) is 9.59 Å². The summed E-state index contributed by atoms with van der Waals surface area (Å²) in [4.78, 5) is 35.6. The molecule has 0 unspecified atom stereocenters. The molecule has 0 heterocycles. The summed E-state index contributed by atoms with van der Waals surface area (Å²) in [6, 6.07) is 5.45. The van der Waals surface area contributed by atoms with Crippen molar-refractivity contribution >= 4 is 17.7 Å². The quantitative estimate of drug-likeness (QED) is 0.488. The van der Waals surface area contributed by atoms with Crippen LogP contribution in [0.5, 0.6) is 5.75 Å². The van der Waals surface area contributed by atoms with Crippen molar-refractivity contribution < 1.29 is 28.6 Å². The summed E-state index contributed by atoms with van der Waals surface area (Å²) in [7, 11) is 0. The van der Waals surface area contributed by atoms with Gasteiger partial charge in [-0.05, 0) is 46.6 Å². The summed E-state index contributed by atoms with van der Waals surface area (Å²) in [5.41, 5.74) is 1.44. The Hall–Kier alpha value is -2.67. The van der Waals surface area contributed by atoms with Crippen LogP contribution in [0.3, 0.4) is 0 Å². The molecule has 1 aliphatic rings. The van der Waals surface area contributed by atoms with Gasteiger partial charge in [0.05, 0.1) is 6.61 Å². The zero-order valence-electron chi connectivity index (χ0n) is 18.2.